The Hall–Kier alpha value is -4.21. The quantitative estimate of drug-likeness (QED) is 0.493. The number of hydrogen-bond acceptors (Lipinski definition) is 7. The van der Waals surface area contributed by atoms with Crippen molar-refractivity contribution in [1.82, 2.24) is 14.8 Å². The number of fused-ring (bicyclic) bond motifs is 1. The molecule has 1 aliphatic rings. The maximum absolute atomic E-state index is 13.3. The average molecular weight is 406 g/mol. The zero-order valence-corrected chi connectivity index (χ0v) is 16.2. The molecule has 0 aliphatic carbocycles. The van der Waals surface area contributed by atoms with E-state index >= 15 is 0 Å². The van der Waals surface area contributed by atoms with Crippen molar-refractivity contribution in [3.05, 3.63) is 81.8 Å². The minimum absolute atomic E-state index is 0.0742. The zero-order chi connectivity index (χ0) is 21.3. The van der Waals surface area contributed by atoms with Crippen LogP contribution in [-0.2, 0) is 4.79 Å². The standard InChI is InChI=1S/C20H18N6O4/c1-12-17(19(27)24-15-8-3-4-9-16(15)30-2)18(25-20(23-12)21-11-22-25)13-6-5-7-14(10-13)26(28)29/h3-11,18H,1-2H3,(H,24,27)(H,21,22,23)/t18-/m0/s1. The predicted molar refractivity (Wildman–Crippen MR) is 109 cm³/mol. The topological polar surface area (TPSA) is 124 Å². The molecule has 0 fully saturated rings. The molecule has 1 amide bonds. The van der Waals surface area contributed by atoms with Crippen LogP contribution in [0.1, 0.15) is 18.5 Å². The molecular weight excluding hydrogens is 388 g/mol. The molecule has 0 bridgehead atoms. The van der Waals surface area contributed by atoms with Gasteiger partial charge in [0.1, 0.15) is 18.1 Å². The number of aromatic nitrogens is 3. The third kappa shape index (κ3) is 3.34. The van der Waals surface area contributed by atoms with Crippen LogP contribution in [0.2, 0.25) is 0 Å². The van der Waals surface area contributed by atoms with Crippen LogP contribution in [0.4, 0.5) is 17.3 Å². The number of para-hydroxylation sites is 2. The molecule has 2 heterocycles. The largest absolute Gasteiger partial charge is 0.495 e. The van der Waals surface area contributed by atoms with E-state index < -0.39 is 11.0 Å². The Morgan fingerprint density at radius 2 is 2.07 bits per heavy atom. The molecule has 3 aromatic rings. The Kier molecular flexibility index (Phi) is 4.88. The predicted octanol–water partition coefficient (Wildman–Crippen LogP) is 3.12. The lowest BCUT2D eigenvalue weighted by Gasteiger charge is -2.28. The van der Waals surface area contributed by atoms with Crippen LogP contribution in [-0.4, -0.2) is 32.7 Å². The lowest BCUT2D eigenvalue weighted by atomic mass is 9.94. The zero-order valence-electron chi connectivity index (χ0n) is 16.2. The Bertz CT molecular complexity index is 1170. The molecule has 0 saturated heterocycles. The fourth-order valence-electron chi connectivity index (χ4n) is 3.44. The van der Waals surface area contributed by atoms with Gasteiger partial charge in [0.2, 0.25) is 5.95 Å². The number of nitro groups is 1. The Labute approximate surface area is 171 Å². The summed E-state index contributed by atoms with van der Waals surface area (Å²) >= 11 is 0. The van der Waals surface area contributed by atoms with E-state index in [-0.39, 0.29) is 11.6 Å². The fourth-order valence-corrected chi connectivity index (χ4v) is 3.44. The Balaban J connectivity index is 1.79. The van der Waals surface area contributed by atoms with Crippen LogP contribution in [0.25, 0.3) is 0 Å². The van der Waals surface area contributed by atoms with E-state index in [0.29, 0.717) is 34.2 Å². The van der Waals surface area contributed by atoms with Gasteiger partial charge in [0.05, 0.1) is 23.3 Å². The summed E-state index contributed by atoms with van der Waals surface area (Å²) < 4.78 is 6.84. The monoisotopic (exact) mass is 406 g/mol. The van der Waals surface area contributed by atoms with Crippen LogP contribution in [0.5, 0.6) is 5.75 Å². The summed E-state index contributed by atoms with van der Waals surface area (Å²) in [6, 6.07) is 12.5. The summed E-state index contributed by atoms with van der Waals surface area (Å²) in [5, 5.41) is 21.4. The molecule has 0 unspecified atom stereocenters. The summed E-state index contributed by atoms with van der Waals surface area (Å²) in [7, 11) is 1.52. The minimum atomic E-state index is -0.696. The lowest BCUT2D eigenvalue weighted by Crippen LogP contribution is -2.31. The van der Waals surface area contributed by atoms with Crippen molar-refractivity contribution in [1.29, 1.82) is 0 Å². The van der Waals surface area contributed by atoms with Crippen molar-refractivity contribution in [2.75, 3.05) is 17.7 Å². The van der Waals surface area contributed by atoms with Crippen molar-refractivity contribution in [2.45, 2.75) is 13.0 Å². The molecular formula is C20H18N6O4. The number of nitrogens with one attached hydrogen (secondary N) is 2. The molecule has 30 heavy (non-hydrogen) atoms. The number of allylic oxidation sites excluding steroid dienone is 1. The summed E-state index contributed by atoms with van der Waals surface area (Å²) in [6.07, 6.45) is 1.36. The number of anilines is 2. The van der Waals surface area contributed by atoms with Gasteiger partial charge < -0.3 is 15.4 Å². The molecule has 1 atom stereocenters. The molecule has 0 saturated carbocycles. The normalized spacial score (nSPS) is 15.2. The van der Waals surface area contributed by atoms with Gasteiger partial charge in [0.25, 0.3) is 11.6 Å². The highest BCUT2D eigenvalue weighted by atomic mass is 16.6. The second-order valence-electron chi connectivity index (χ2n) is 6.60. The molecule has 1 aliphatic heterocycles. The van der Waals surface area contributed by atoms with Gasteiger partial charge in [0.15, 0.2) is 0 Å². The highest BCUT2D eigenvalue weighted by Crippen LogP contribution is 2.36. The first-order valence-corrected chi connectivity index (χ1v) is 9.05. The lowest BCUT2D eigenvalue weighted by molar-refractivity contribution is -0.384. The van der Waals surface area contributed by atoms with Crippen molar-refractivity contribution in [3.8, 4) is 5.75 Å². The maximum Gasteiger partial charge on any atom is 0.269 e. The van der Waals surface area contributed by atoms with Crippen LogP contribution in [0, 0.1) is 10.1 Å². The van der Waals surface area contributed by atoms with Crippen molar-refractivity contribution in [2.24, 2.45) is 0 Å². The third-order valence-corrected chi connectivity index (χ3v) is 4.79. The molecule has 0 radical (unpaired) electrons. The summed E-state index contributed by atoms with van der Waals surface area (Å²) in [4.78, 5) is 28.3. The van der Waals surface area contributed by atoms with E-state index in [2.05, 4.69) is 20.7 Å². The third-order valence-electron chi connectivity index (χ3n) is 4.79. The second-order valence-corrected chi connectivity index (χ2v) is 6.60. The van der Waals surface area contributed by atoms with Crippen LogP contribution < -0.4 is 15.4 Å². The SMILES string of the molecule is COc1ccccc1NC(=O)C1=C(C)Nc2ncnn2[C@H]1c1cccc([N+](=O)[O-])c1. The van der Waals surface area contributed by atoms with Gasteiger partial charge in [0, 0.05) is 17.8 Å². The first-order valence-electron chi connectivity index (χ1n) is 9.05. The number of hydrogen-bond donors (Lipinski definition) is 2. The molecule has 2 aromatic carbocycles. The molecule has 152 valence electrons. The van der Waals surface area contributed by atoms with E-state index in [4.69, 9.17) is 4.74 Å². The Morgan fingerprint density at radius 1 is 1.27 bits per heavy atom. The van der Waals surface area contributed by atoms with Gasteiger partial charge in [-0.1, -0.05) is 24.3 Å². The van der Waals surface area contributed by atoms with Gasteiger partial charge in [-0.25, -0.2) is 4.68 Å². The van der Waals surface area contributed by atoms with Gasteiger partial charge in [-0.2, -0.15) is 10.1 Å². The number of carbonyl (C=O) groups is 1. The number of rotatable bonds is 5. The molecule has 10 heteroatoms. The number of nitrogens with zero attached hydrogens (tertiary/aromatic N) is 4. The number of nitro benzene ring substituents is 1. The van der Waals surface area contributed by atoms with Crippen molar-refractivity contribution >= 4 is 23.2 Å². The molecule has 2 N–H and O–H groups in total. The van der Waals surface area contributed by atoms with Gasteiger partial charge in [-0.05, 0) is 24.6 Å². The van der Waals surface area contributed by atoms with E-state index in [1.54, 1.807) is 43.3 Å². The average Bonchev–Trinajstić information content (AvgIpc) is 3.21. The van der Waals surface area contributed by atoms with Crippen molar-refractivity contribution < 1.29 is 14.5 Å². The molecule has 0 spiro atoms. The first kappa shape index (κ1) is 19.1. The van der Waals surface area contributed by atoms with Crippen LogP contribution in [0.3, 0.4) is 0 Å². The number of non-ortho nitro benzene ring substituents is 1. The summed E-state index contributed by atoms with van der Waals surface area (Å²) in [5.41, 5.74) is 1.91. The van der Waals surface area contributed by atoms with Gasteiger partial charge in [-0.15, -0.1) is 0 Å². The van der Waals surface area contributed by atoms with E-state index in [0.717, 1.165) is 0 Å². The summed E-state index contributed by atoms with van der Waals surface area (Å²) in [5.74, 6) is 0.571. The minimum Gasteiger partial charge on any atom is -0.495 e. The van der Waals surface area contributed by atoms with Crippen LogP contribution in [0.15, 0.2) is 66.1 Å². The Morgan fingerprint density at radius 3 is 2.83 bits per heavy atom. The number of carbonyl (C=O) groups excluding carboxylic acids is 1. The molecule has 4 rings (SSSR count). The smallest absolute Gasteiger partial charge is 0.269 e. The second kappa shape index (κ2) is 7.66. The van der Waals surface area contributed by atoms with Gasteiger partial charge >= 0.3 is 0 Å². The molecule has 1 aromatic heterocycles. The first-order chi connectivity index (χ1) is 14.5. The maximum atomic E-state index is 13.3. The number of amides is 1. The number of ether oxygens (including phenoxy) is 1. The van der Waals surface area contributed by atoms with E-state index in [9.17, 15) is 14.9 Å². The van der Waals surface area contributed by atoms with Crippen LogP contribution >= 0.6 is 0 Å². The van der Waals surface area contributed by atoms with Gasteiger partial charge in [-0.3, -0.25) is 14.9 Å². The van der Waals surface area contributed by atoms with E-state index in [1.807, 2.05) is 0 Å². The fraction of sp³-hybridized carbons (Fsp3) is 0.150. The summed E-state index contributed by atoms with van der Waals surface area (Å²) in [6.45, 7) is 1.75. The highest BCUT2D eigenvalue weighted by Gasteiger charge is 2.34. The highest BCUT2D eigenvalue weighted by molar-refractivity contribution is 6.06. The molecule has 10 nitrogen and oxygen atoms in total. The number of methoxy groups -OCH3 is 1. The van der Waals surface area contributed by atoms with Crippen molar-refractivity contribution in [3.63, 3.8) is 0 Å². The number of benzene rings is 2. The van der Waals surface area contributed by atoms with E-state index in [1.165, 1.54) is 30.3 Å².